The summed E-state index contributed by atoms with van der Waals surface area (Å²) in [6, 6.07) is 2.11. The maximum absolute atomic E-state index is 11.0. The molecule has 1 saturated carbocycles. The Morgan fingerprint density at radius 3 is 2.69 bits per heavy atom. The molecule has 12 nitrogen and oxygen atoms in total. The first-order chi connectivity index (χ1) is 15.2. The SMILES string of the molecule is N#Cc1c(Cl)nc2c(ncn2[C@@H]2O[C@H](COCP(=O)(O)O)[C@@H](O)[C@H]2O)c1N1CC2CC2C1. The lowest BCUT2D eigenvalue weighted by atomic mass is 10.1. The lowest BCUT2D eigenvalue weighted by Crippen LogP contribution is -2.34. The number of anilines is 1. The van der Waals surface area contributed by atoms with Crippen LogP contribution in [0.3, 0.4) is 0 Å². The molecule has 3 aliphatic rings. The molecule has 0 aromatic carbocycles. The number of fused-ring (bicyclic) bond motifs is 2. The summed E-state index contributed by atoms with van der Waals surface area (Å²) in [6.45, 7) is 1.28. The van der Waals surface area contributed by atoms with Gasteiger partial charge in [0.1, 0.15) is 41.8 Å². The van der Waals surface area contributed by atoms with E-state index in [9.17, 15) is 20.0 Å². The van der Waals surface area contributed by atoms with E-state index in [1.165, 1.54) is 17.3 Å². The molecule has 4 heterocycles. The standard InChI is InChI=1S/C18H21ClN5O7P/c19-16-10(2-20)13(23-3-8-1-9(8)4-23)12-17(22-16)24(6-21-12)18-15(26)14(25)11(31-18)5-30-7-32(27,28)29/h6,8-9,11,14-15,18,25-26H,1,3-5,7H2,(H2,27,28,29)/t8?,9?,11-,14-,15-,18-/m1/s1. The topological polar surface area (TPSA) is 174 Å². The molecule has 1 aliphatic carbocycles. The zero-order valence-electron chi connectivity index (χ0n) is 16.7. The summed E-state index contributed by atoms with van der Waals surface area (Å²) in [4.78, 5) is 28.6. The Morgan fingerprint density at radius 1 is 1.31 bits per heavy atom. The number of pyridine rings is 1. The lowest BCUT2D eigenvalue weighted by Gasteiger charge is -2.22. The third-order valence-corrected chi connectivity index (χ3v) is 6.99. The molecule has 2 aliphatic heterocycles. The molecular formula is C18H21ClN5O7P. The molecule has 0 amide bonds. The Bertz CT molecular complexity index is 1140. The fourth-order valence-electron chi connectivity index (χ4n) is 4.56. The molecule has 2 saturated heterocycles. The van der Waals surface area contributed by atoms with Crippen LogP contribution in [0.1, 0.15) is 18.2 Å². The number of piperidine rings is 1. The number of aromatic nitrogens is 3. The summed E-state index contributed by atoms with van der Waals surface area (Å²) < 4.78 is 23.0. The predicted molar refractivity (Wildman–Crippen MR) is 110 cm³/mol. The highest BCUT2D eigenvalue weighted by molar-refractivity contribution is 7.51. The van der Waals surface area contributed by atoms with E-state index < -0.39 is 38.5 Å². The van der Waals surface area contributed by atoms with Gasteiger partial charge in [0.15, 0.2) is 17.0 Å². The van der Waals surface area contributed by atoms with Crippen molar-refractivity contribution < 1.29 is 34.0 Å². The van der Waals surface area contributed by atoms with Gasteiger partial charge >= 0.3 is 7.60 Å². The maximum atomic E-state index is 11.0. The van der Waals surface area contributed by atoms with Gasteiger partial charge in [-0.2, -0.15) is 5.26 Å². The van der Waals surface area contributed by atoms with Crippen LogP contribution in [0.15, 0.2) is 6.33 Å². The highest BCUT2D eigenvalue weighted by Crippen LogP contribution is 2.48. The van der Waals surface area contributed by atoms with Crippen LogP contribution in [-0.2, 0) is 14.0 Å². The second-order valence-corrected chi connectivity index (χ2v) is 10.4. The van der Waals surface area contributed by atoms with E-state index in [0.29, 0.717) is 23.0 Å². The van der Waals surface area contributed by atoms with Gasteiger partial charge in [0.25, 0.3) is 0 Å². The van der Waals surface area contributed by atoms with Gasteiger partial charge < -0.3 is 34.4 Å². The van der Waals surface area contributed by atoms with Gasteiger partial charge in [0.05, 0.1) is 18.6 Å². The minimum atomic E-state index is -4.38. The number of aliphatic hydroxyl groups excluding tert-OH is 2. The van der Waals surface area contributed by atoms with Gasteiger partial charge in [-0.15, -0.1) is 0 Å². The molecule has 0 bridgehead atoms. The highest BCUT2D eigenvalue weighted by atomic mass is 35.5. The molecule has 14 heteroatoms. The van der Waals surface area contributed by atoms with Crippen molar-refractivity contribution in [1.29, 1.82) is 5.26 Å². The van der Waals surface area contributed by atoms with Crippen molar-refractivity contribution in [2.75, 3.05) is 30.9 Å². The molecular weight excluding hydrogens is 465 g/mol. The predicted octanol–water partition coefficient (Wildman–Crippen LogP) is 0.183. The average molecular weight is 486 g/mol. The van der Waals surface area contributed by atoms with E-state index >= 15 is 0 Å². The number of nitrogens with zero attached hydrogens (tertiary/aromatic N) is 5. The number of nitriles is 1. The summed E-state index contributed by atoms with van der Waals surface area (Å²) >= 11 is 6.33. The summed E-state index contributed by atoms with van der Waals surface area (Å²) in [5.74, 6) is 1.21. The average Bonchev–Trinajstić information content (AvgIpc) is 3.03. The van der Waals surface area contributed by atoms with Gasteiger partial charge in [-0.1, -0.05) is 11.6 Å². The summed E-state index contributed by atoms with van der Waals surface area (Å²) in [7, 11) is -4.38. The van der Waals surface area contributed by atoms with Crippen LogP contribution in [0.4, 0.5) is 5.69 Å². The minimum Gasteiger partial charge on any atom is -0.387 e. The number of aliphatic hydroxyl groups is 2. The van der Waals surface area contributed by atoms with E-state index in [0.717, 1.165) is 13.1 Å². The van der Waals surface area contributed by atoms with Crippen molar-refractivity contribution in [3.63, 3.8) is 0 Å². The van der Waals surface area contributed by atoms with Crippen molar-refractivity contribution in [1.82, 2.24) is 14.5 Å². The molecule has 0 radical (unpaired) electrons. The van der Waals surface area contributed by atoms with Crippen LogP contribution in [0, 0.1) is 23.2 Å². The Kier molecular flexibility index (Phi) is 5.43. The van der Waals surface area contributed by atoms with Gasteiger partial charge in [0.2, 0.25) is 0 Å². The van der Waals surface area contributed by atoms with E-state index in [-0.39, 0.29) is 23.0 Å². The molecule has 4 N–H and O–H groups in total. The van der Waals surface area contributed by atoms with E-state index in [1.807, 2.05) is 0 Å². The van der Waals surface area contributed by atoms with Crippen LogP contribution in [-0.4, -0.2) is 78.9 Å². The smallest absolute Gasteiger partial charge is 0.350 e. The third-order valence-electron chi connectivity index (χ3n) is 6.20. The number of halogens is 1. The molecule has 6 atom stereocenters. The number of imidazole rings is 1. The van der Waals surface area contributed by atoms with Crippen LogP contribution in [0.25, 0.3) is 11.2 Å². The molecule has 2 unspecified atom stereocenters. The molecule has 172 valence electrons. The number of hydrogen-bond acceptors (Lipinski definition) is 9. The maximum Gasteiger partial charge on any atom is 0.350 e. The van der Waals surface area contributed by atoms with Crippen LogP contribution >= 0.6 is 19.2 Å². The van der Waals surface area contributed by atoms with Gasteiger partial charge in [0, 0.05) is 13.1 Å². The van der Waals surface area contributed by atoms with Crippen molar-refractivity contribution in [2.45, 2.75) is 31.0 Å². The van der Waals surface area contributed by atoms with Crippen LogP contribution < -0.4 is 4.90 Å². The molecule has 2 aromatic rings. The lowest BCUT2D eigenvalue weighted by molar-refractivity contribution is -0.0612. The van der Waals surface area contributed by atoms with E-state index in [2.05, 4.69) is 20.9 Å². The first-order valence-corrected chi connectivity index (χ1v) is 12.2. The zero-order chi connectivity index (χ0) is 22.8. The Morgan fingerprint density at radius 2 is 2.03 bits per heavy atom. The molecule has 3 fully saturated rings. The normalized spacial score (nSPS) is 31.8. The van der Waals surface area contributed by atoms with Crippen LogP contribution in [0.2, 0.25) is 5.15 Å². The Hall–Kier alpha value is -1.81. The quantitative estimate of drug-likeness (QED) is 0.324. The Labute approximate surface area is 187 Å². The van der Waals surface area contributed by atoms with Crippen molar-refractivity contribution in [3.8, 4) is 6.07 Å². The van der Waals surface area contributed by atoms with Crippen molar-refractivity contribution in [3.05, 3.63) is 17.0 Å². The van der Waals surface area contributed by atoms with Gasteiger partial charge in [-0.25, -0.2) is 9.97 Å². The minimum absolute atomic E-state index is 0.00638. The number of ether oxygens (including phenoxy) is 2. The van der Waals surface area contributed by atoms with Gasteiger partial charge in [-0.3, -0.25) is 9.13 Å². The highest BCUT2D eigenvalue weighted by Gasteiger charge is 2.47. The van der Waals surface area contributed by atoms with E-state index in [4.69, 9.17) is 30.9 Å². The first kappa shape index (κ1) is 22.0. The summed E-state index contributed by atoms with van der Waals surface area (Å²) in [5, 5.41) is 30.6. The largest absolute Gasteiger partial charge is 0.387 e. The Balaban J connectivity index is 1.45. The zero-order valence-corrected chi connectivity index (χ0v) is 18.3. The molecule has 5 rings (SSSR count). The third kappa shape index (κ3) is 3.79. The fourth-order valence-corrected chi connectivity index (χ4v) is 5.11. The van der Waals surface area contributed by atoms with Gasteiger partial charge in [-0.05, 0) is 18.3 Å². The van der Waals surface area contributed by atoms with Crippen molar-refractivity contribution >= 4 is 36.0 Å². The molecule has 32 heavy (non-hydrogen) atoms. The first-order valence-electron chi connectivity index (χ1n) is 10.0. The second kappa shape index (κ2) is 7.90. The summed E-state index contributed by atoms with van der Waals surface area (Å²) in [6.07, 6.45) is -3.12. The van der Waals surface area contributed by atoms with E-state index in [1.54, 1.807) is 0 Å². The second-order valence-electron chi connectivity index (χ2n) is 8.43. The monoisotopic (exact) mass is 485 g/mol. The number of hydrogen-bond donors (Lipinski definition) is 4. The van der Waals surface area contributed by atoms with Crippen molar-refractivity contribution in [2.24, 2.45) is 11.8 Å². The molecule has 2 aromatic heterocycles. The molecule has 0 spiro atoms. The fraction of sp³-hybridized carbons (Fsp3) is 0.611. The van der Waals surface area contributed by atoms with Crippen LogP contribution in [0.5, 0.6) is 0 Å². The summed E-state index contributed by atoms with van der Waals surface area (Å²) in [5.41, 5.74) is 1.57. The number of rotatable bonds is 6.